The van der Waals surface area contributed by atoms with E-state index in [0.717, 1.165) is 5.56 Å². The average Bonchev–Trinajstić information content (AvgIpc) is 3.01. The first kappa shape index (κ1) is 19.9. The van der Waals surface area contributed by atoms with Crippen LogP contribution in [0.2, 0.25) is 0 Å². The fraction of sp³-hybridized carbons (Fsp3) is 0.136. The van der Waals surface area contributed by atoms with Crippen molar-refractivity contribution in [2.45, 2.75) is 6.92 Å². The van der Waals surface area contributed by atoms with Crippen molar-refractivity contribution in [3.8, 4) is 11.5 Å². The SMILES string of the molecule is C=CCOc1ccc(/C=C2\C(=O)N(c3cccc(C(=O)O)c3)N=C2C)cc1OC. The number of hydrogen-bond acceptors (Lipinski definition) is 5. The number of carbonyl (C=O) groups excluding carboxylic acids is 1. The van der Waals surface area contributed by atoms with E-state index in [2.05, 4.69) is 11.7 Å². The minimum atomic E-state index is -1.07. The number of hydrazone groups is 1. The van der Waals surface area contributed by atoms with Crippen molar-refractivity contribution in [1.82, 2.24) is 0 Å². The molecule has 0 aromatic heterocycles. The molecule has 3 rings (SSSR count). The molecule has 148 valence electrons. The summed E-state index contributed by atoms with van der Waals surface area (Å²) in [7, 11) is 1.54. The molecule has 7 heteroatoms. The predicted molar refractivity (Wildman–Crippen MR) is 111 cm³/mol. The van der Waals surface area contributed by atoms with Crippen LogP contribution in [0.4, 0.5) is 5.69 Å². The summed E-state index contributed by atoms with van der Waals surface area (Å²) in [6, 6.07) is 11.4. The number of aromatic carboxylic acids is 1. The highest BCUT2D eigenvalue weighted by molar-refractivity contribution is 6.32. The fourth-order valence-electron chi connectivity index (χ4n) is 2.84. The van der Waals surface area contributed by atoms with E-state index in [1.165, 1.54) is 24.3 Å². The lowest BCUT2D eigenvalue weighted by atomic mass is 10.1. The molecular weight excluding hydrogens is 372 g/mol. The van der Waals surface area contributed by atoms with Crippen molar-refractivity contribution in [3.63, 3.8) is 0 Å². The zero-order valence-electron chi connectivity index (χ0n) is 16.1. The summed E-state index contributed by atoms with van der Waals surface area (Å²) < 4.78 is 10.9. The molecule has 2 aromatic rings. The molecule has 1 amide bonds. The van der Waals surface area contributed by atoms with Gasteiger partial charge in [-0.2, -0.15) is 10.1 Å². The summed E-state index contributed by atoms with van der Waals surface area (Å²) in [5.41, 5.74) is 2.16. The largest absolute Gasteiger partial charge is 0.493 e. The molecule has 29 heavy (non-hydrogen) atoms. The van der Waals surface area contributed by atoms with Crippen LogP contribution in [0.25, 0.3) is 6.08 Å². The maximum Gasteiger partial charge on any atom is 0.335 e. The Morgan fingerprint density at radius 3 is 2.72 bits per heavy atom. The van der Waals surface area contributed by atoms with E-state index in [-0.39, 0.29) is 11.5 Å². The van der Waals surface area contributed by atoms with Crippen molar-refractivity contribution in [1.29, 1.82) is 0 Å². The lowest BCUT2D eigenvalue weighted by molar-refractivity contribution is -0.114. The van der Waals surface area contributed by atoms with E-state index < -0.39 is 5.97 Å². The first-order valence-corrected chi connectivity index (χ1v) is 8.81. The lowest BCUT2D eigenvalue weighted by Crippen LogP contribution is -2.21. The smallest absolute Gasteiger partial charge is 0.335 e. The Morgan fingerprint density at radius 2 is 2.03 bits per heavy atom. The normalized spacial score (nSPS) is 14.7. The highest BCUT2D eigenvalue weighted by atomic mass is 16.5. The van der Waals surface area contributed by atoms with Crippen LogP contribution in [-0.4, -0.2) is 36.4 Å². The highest BCUT2D eigenvalue weighted by Crippen LogP contribution is 2.30. The number of carbonyl (C=O) groups is 2. The minimum Gasteiger partial charge on any atom is -0.493 e. The van der Waals surface area contributed by atoms with Gasteiger partial charge in [0.2, 0.25) is 0 Å². The van der Waals surface area contributed by atoms with Crippen LogP contribution < -0.4 is 14.5 Å². The van der Waals surface area contributed by atoms with Crippen LogP contribution in [0.15, 0.2) is 65.8 Å². The monoisotopic (exact) mass is 392 g/mol. The van der Waals surface area contributed by atoms with E-state index >= 15 is 0 Å². The molecule has 1 aliphatic heterocycles. The second-order valence-electron chi connectivity index (χ2n) is 6.23. The number of methoxy groups -OCH3 is 1. The molecule has 0 radical (unpaired) electrons. The molecule has 1 N–H and O–H groups in total. The summed E-state index contributed by atoms with van der Waals surface area (Å²) >= 11 is 0. The van der Waals surface area contributed by atoms with E-state index in [4.69, 9.17) is 14.6 Å². The zero-order chi connectivity index (χ0) is 21.0. The van der Waals surface area contributed by atoms with Gasteiger partial charge in [-0.1, -0.05) is 24.8 Å². The van der Waals surface area contributed by atoms with Crippen molar-refractivity contribution in [3.05, 3.63) is 71.8 Å². The average molecular weight is 392 g/mol. The third kappa shape index (κ3) is 4.19. The number of rotatable bonds is 7. The third-order valence-electron chi connectivity index (χ3n) is 4.26. The molecule has 0 unspecified atom stereocenters. The Morgan fingerprint density at radius 1 is 1.24 bits per heavy atom. The first-order chi connectivity index (χ1) is 13.9. The second-order valence-corrected chi connectivity index (χ2v) is 6.23. The van der Waals surface area contributed by atoms with Gasteiger partial charge < -0.3 is 14.6 Å². The van der Waals surface area contributed by atoms with Crippen LogP contribution in [-0.2, 0) is 4.79 Å². The Labute approximate surface area is 168 Å². The summed E-state index contributed by atoms with van der Waals surface area (Å²) in [5, 5.41) is 14.7. The maximum atomic E-state index is 12.9. The second kappa shape index (κ2) is 8.43. The molecule has 0 fully saturated rings. The number of ether oxygens (including phenoxy) is 2. The number of benzene rings is 2. The number of carboxylic acid groups (broad SMARTS) is 1. The van der Waals surface area contributed by atoms with E-state index in [9.17, 15) is 9.59 Å². The summed E-state index contributed by atoms with van der Waals surface area (Å²) in [4.78, 5) is 24.1. The van der Waals surface area contributed by atoms with Crippen LogP contribution >= 0.6 is 0 Å². The van der Waals surface area contributed by atoms with Gasteiger partial charge in [-0.3, -0.25) is 4.79 Å². The van der Waals surface area contributed by atoms with E-state index in [1.807, 2.05) is 6.07 Å². The summed E-state index contributed by atoms with van der Waals surface area (Å²) in [5.74, 6) is -0.297. The van der Waals surface area contributed by atoms with Gasteiger partial charge in [-0.15, -0.1) is 0 Å². The molecule has 0 atom stereocenters. The molecule has 2 aromatic carbocycles. The Kier molecular flexibility index (Phi) is 5.78. The third-order valence-corrected chi connectivity index (χ3v) is 4.26. The number of amides is 1. The predicted octanol–water partition coefficient (Wildman–Crippen LogP) is 3.76. The molecule has 1 aliphatic rings. The maximum absolute atomic E-state index is 12.9. The minimum absolute atomic E-state index is 0.0837. The van der Waals surface area contributed by atoms with Gasteiger partial charge in [0, 0.05) is 0 Å². The first-order valence-electron chi connectivity index (χ1n) is 8.81. The van der Waals surface area contributed by atoms with Crippen molar-refractivity contribution in [2.75, 3.05) is 18.7 Å². The number of carboxylic acids is 1. The van der Waals surface area contributed by atoms with Crippen LogP contribution in [0, 0.1) is 0 Å². The van der Waals surface area contributed by atoms with Crippen molar-refractivity contribution >= 4 is 29.4 Å². The Hall–Kier alpha value is -3.87. The molecule has 0 aliphatic carbocycles. The topological polar surface area (TPSA) is 88.4 Å². The van der Waals surface area contributed by atoms with Crippen molar-refractivity contribution < 1.29 is 24.2 Å². The molecule has 7 nitrogen and oxygen atoms in total. The molecule has 0 spiro atoms. The Bertz CT molecular complexity index is 1040. The van der Waals surface area contributed by atoms with Crippen LogP contribution in [0.3, 0.4) is 0 Å². The van der Waals surface area contributed by atoms with Gasteiger partial charge in [0.05, 0.1) is 29.6 Å². The highest BCUT2D eigenvalue weighted by Gasteiger charge is 2.29. The molecule has 1 heterocycles. The molecular formula is C22H20N2O5. The van der Waals surface area contributed by atoms with Gasteiger partial charge in [0.1, 0.15) is 6.61 Å². The van der Waals surface area contributed by atoms with Gasteiger partial charge in [0.25, 0.3) is 5.91 Å². The lowest BCUT2D eigenvalue weighted by Gasteiger charge is -2.12. The van der Waals surface area contributed by atoms with Crippen LogP contribution in [0.1, 0.15) is 22.8 Å². The molecule has 0 saturated carbocycles. The van der Waals surface area contributed by atoms with E-state index in [0.29, 0.717) is 35.1 Å². The molecule has 0 saturated heterocycles. The van der Waals surface area contributed by atoms with Crippen LogP contribution in [0.5, 0.6) is 11.5 Å². The summed E-state index contributed by atoms with van der Waals surface area (Å²) in [6.45, 7) is 5.70. The van der Waals surface area contributed by atoms with Gasteiger partial charge in [0.15, 0.2) is 11.5 Å². The quantitative estimate of drug-likeness (QED) is 0.572. The number of hydrogen-bond donors (Lipinski definition) is 1. The zero-order valence-corrected chi connectivity index (χ0v) is 16.1. The fourth-order valence-corrected chi connectivity index (χ4v) is 2.84. The Balaban J connectivity index is 1.90. The number of nitrogens with zero attached hydrogens (tertiary/aromatic N) is 2. The standard InChI is InChI=1S/C22H20N2O5/c1-4-10-29-19-9-8-15(12-20(19)28-3)11-18-14(2)23-24(21(18)25)17-7-5-6-16(13-17)22(26)27/h4-9,11-13H,1,10H2,2-3H3,(H,26,27)/b18-11-. The van der Waals surface area contributed by atoms with E-state index in [1.54, 1.807) is 43.3 Å². The van der Waals surface area contributed by atoms with Crippen molar-refractivity contribution in [2.24, 2.45) is 5.10 Å². The number of anilines is 1. The molecule has 0 bridgehead atoms. The van der Waals surface area contributed by atoms with Gasteiger partial charge in [-0.25, -0.2) is 4.79 Å². The summed E-state index contributed by atoms with van der Waals surface area (Å²) in [6.07, 6.45) is 3.35. The van der Waals surface area contributed by atoms with Gasteiger partial charge in [-0.05, 0) is 48.9 Å². The van der Waals surface area contributed by atoms with Gasteiger partial charge >= 0.3 is 5.97 Å².